The monoisotopic (exact) mass is 271 g/mol. The molecule has 0 spiro atoms. The van der Waals surface area contributed by atoms with Gasteiger partial charge in [0.2, 0.25) is 5.91 Å². The van der Waals surface area contributed by atoms with Crippen LogP contribution in [-0.4, -0.2) is 27.9 Å². The highest BCUT2D eigenvalue weighted by molar-refractivity contribution is 5.88. The molecular formula is C16H21N3O. The van der Waals surface area contributed by atoms with Crippen molar-refractivity contribution < 1.29 is 4.79 Å². The fourth-order valence-corrected chi connectivity index (χ4v) is 2.85. The number of para-hydroxylation sites is 1. The van der Waals surface area contributed by atoms with Gasteiger partial charge in [-0.25, -0.2) is 0 Å². The van der Waals surface area contributed by atoms with Crippen molar-refractivity contribution in [3.05, 3.63) is 35.5 Å². The van der Waals surface area contributed by atoms with E-state index in [2.05, 4.69) is 17.1 Å². The van der Waals surface area contributed by atoms with Gasteiger partial charge in [-0.05, 0) is 19.4 Å². The number of H-pyrrole nitrogens is 1. The summed E-state index contributed by atoms with van der Waals surface area (Å²) in [5.74, 6) is 0.0518. The standard InChI is InChI=1S/C16H21N3O/c1-3-16(2,17)15(20)19-9-8-14-12(10-19)11-6-4-5-7-13(11)18-14/h4-7,18H,3,8-10,17H2,1-2H3. The Hall–Kier alpha value is -1.81. The number of amides is 1. The van der Waals surface area contributed by atoms with Crippen LogP contribution in [0.15, 0.2) is 24.3 Å². The molecule has 0 saturated heterocycles. The molecule has 2 aromatic rings. The summed E-state index contributed by atoms with van der Waals surface area (Å²) in [4.78, 5) is 17.9. The average Bonchev–Trinajstić information content (AvgIpc) is 2.84. The highest BCUT2D eigenvalue weighted by Crippen LogP contribution is 2.28. The largest absolute Gasteiger partial charge is 0.358 e. The average molecular weight is 271 g/mol. The van der Waals surface area contributed by atoms with Gasteiger partial charge in [0.15, 0.2) is 0 Å². The van der Waals surface area contributed by atoms with Crippen molar-refractivity contribution >= 4 is 16.8 Å². The van der Waals surface area contributed by atoms with Gasteiger partial charge in [-0.1, -0.05) is 25.1 Å². The first-order chi connectivity index (χ1) is 9.53. The predicted molar refractivity (Wildman–Crippen MR) is 80.3 cm³/mol. The molecule has 1 aromatic carbocycles. The number of aromatic nitrogens is 1. The fraction of sp³-hybridized carbons (Fsp3) is 0.438. The molecule has 1 unspecified atom stereocenters. The molecule has 3 rings (SSSR count). The molecule has 1 aromatic heterocycles. The lowest BCUT2D eigenvalue weighted by Gasteiger charge is -2.33. The van der Waals surface area contributed by atoms with Crippen LogP contribution in [-0.2, 0) is 17.8 Å². The van der Waals surface area contributed by atoms with E-state index in [9.17, 15) is 4.79 Å². The van der Waals surface area contributed by atoms with Gasteiger partial charge in [-0.3, -0.25) is 4.79 Å². The van der Waals surface area contributed by atoms with E-state index >= 15 is 0 Å². The van der Waals surface area contributed by atoms with Crippen molar-refractivity contribution in [1.29, 1.82) is 0 Å². The third-order valence-corrected chi connectivity index (χ3v) is 4.39. The van der Waals surface area contributed by atoms with Gasteiger partial charge in [0, 0.05) is 41.7 Å². The molecule has 0 radical (unpaired) electrons. The zero-order valence-corrected chi connectivity index (χ0v) is 12.1. The second-order valence-electron chi connectivity index (χ2n) is 5.88. The Morgan fingerprint density at radius 1 is 1.45 bits per heavy atom. The lowest BCUT2D eigenvalue weighted by Crippen LogP contribution is -2.53. The Labute approximate surface area is 118 Å². The number of hydrogen-bond acceptors (Lipinski definition) is 2. The Balaban J connectivity index is 1.94. The number of carbonyl (C=O) groups excluding carboxylic acids is 1. The normalized spacial score (nSPS) is 17.9. The summed E-state index contributed by atoms with van der Waals surface area (Å²) in [5.41, 5.74) is 8.99. The van der Waals surface area contributed by atoms with E-state index in [-0.39, 0.29) is 5.91 Å². The number of hydrogen-bond donors (Lipinski definition) is 2. The molecule has 3 N–H and O–H groups in total. The number of nitrogens with two attached hydrogens (primary N) is 1. The van der Waals surface area contributed by atoms with Crippen molar-refractivity contribution in [2.75, 3.05) is 6.54 Å². The first-order valence-corrected chi connectivity index (χ1v) is 7.19. The molecule has 2 heterocycles. The zero-order chi connectivity index (χ0) is 14.3. The minimum Gasteiger partial charge on any atom is -0.358 e. The Morgan fingerprint density at radius 2 is 2.20 bits per heavy atom. The van der Waals surface area contributed by atoms with Crippen LogP contribution in [0.2, 0.25) is 0 Å². The maximum Gasteiger partial charge on any atom is 0.242 e. The minimum absolute atomic E-state index is 0.0518. The Bertz CT molecular complexity index is 657. The summed E-state index contributed by atoms with van der Waals surface area (Å²) in [7, 11) is 0. The molecule has 1 aliphatic heterocycles. The van der Waals surface area contributed by atoms with Gasteiger partial charge >= 0.3 is 0 Å². The van der Waals surface area contributed by atoms with Crippen molar-refractivity contribution in [2.24, 2.45) is 5.73 Å². The van der Waals surface area contributed by atoms with E-state index < -0.39 is 5.54 Å². The van der Waals surface area contributed by atoms with E-state index in [4.69, 9.17) is 5.73 Å². The van der Waals surface area contributed by atoms with Gasteiger partial charge in [0.25, 0.3) is 0 Å². The van der Waals surface area contributed by atoms with E-state index in [1.807, 2.05) is 30.9 Å². The third kappa shape index (κ3) is 2.00. The van der Waals surface area contributed by atoms with E-state index in [1.165, 1.54) is 16.6 Å². The number of fused-ring (bicyclic) bond motifs is 3. The lowest BCUT2D eigenvalue weighted by atomic mass is 9.96. The number of benzene rings is 1. The molecule has 4 nitrogen and oxygen atoms in total. The number of nitrogens with zero attached hydrogens (tertiary/aromatic N) is 1. The van der Waals surface area contributed by atoms with Gasteiger partial charge in [-0.15, -0.1) is 0 Å². The van der Waals surface area contributed by atoms with E-state index in [0.29, 0.717) is 13.0 Å². The van der Waals surface area contributed by atoms with Gasteiger partial charge in [0.05, 0.1) is 5.54 Å². The molecule has 106 valence electrons. The molecule has 1 atom stereocenters. The highest BCUT2D eigenvalue weighted by atomic mass is 16.2. The second kappa shape index (κ2) is 4.63. The predicted octanol–water partition coefficient (Wildman–Crippen LogP) is 2.18. The van der Waals surface area contributed by atoms with Crippen LogP contribution in [0.1, 0.15) is 31.5 Å². The molecular weight excluding hydrogens is 250 g/mol. The van der Waals surface area contributed by atoms with Gasteiger partial charge in [-0.2, -0.15) is 0 Å². The molecule has 20 heavy (non-hydrogen) atoms. The van der Waals surface area contributed by atoms with Crippen molar-refractivity contribution in [3.8, 4) is 0 Å². The van der Waals surface area contributed by atoms with E-state index in [1.54, 1.807) is 0 Å². The number of carbonyl (C=O) groups is 1. The van der Waals surface area contributed by atoms with E-state index in [0.717, 1.165) is 18.5 Å². The Kier molecular flexibility index (Phi) is 3.05. The van der Waals surface area contributed by atoms with Crippen molar-refractivity contribution in [1.82, 2.24) is 9.88 Å². The van der Waals surface area contributed by atoms with Crippen LogP contribution < -0.4 is 5.73 Å². The SMILES string of the molecule is CCC(C)(N)C(=O)N1CCc2[nH]c3ccccc3c2C1. The first kappa shape index (κ1) is 13.2. The Morgan fingerprint density at radius 3 is 2.95 bits per heavy atom. The summed E-state index contributed by atoms with van der Waals surface area (Å²) < 4.78 is 0. The van der Waals surface area contributed by atoms with Gasteiger partial charge in [0.1, 0.15) is 0 Å². The van der Waals surface area contributed by atoms with Crippen LogP contribution in [0.5, 0.6) is 0 Å². The summed E-state index contributed by atoms with van der Waals surface area (Å²) in [6.45, 7) is 5.18. The molecule has 0 fully saturated rings. The highest BCUT2D eigenvalue weighted by Gasteiger charge is 2.33. The minimum atomic E-state index is -0.760. The topological polar surface area (TPSA) is 62.1 Å². The van der Waals surface area contributed by atoms with Crippen LogP contribution in [0.25, 0.3) is 10.9 Å². The summed E-state index contributed by atoms with van der Waals surface area (Å²) in [5, 5.41) is 1.22. The number of nitrogens with one attached hydrogen (secondary N) is 1. The first-order valence-electron chi connectivity index (χ1n) is 7.19. The summed E-state index contributed by atoms with van der Waals surface area (Å²) in [6, 6.07) is 8.26. The smallest absolute Gasteiger partial charge is 0.242 e. The number of rotatable bonds is 2. The van der Waals surface area contributed by atoms with Crippen LogP contribution in [0.3, 0.4) is 0 Å². The molecule has 1 aliphatic rings. The third-order valence-electron chi connectivity index (χ3n) is 4.39. The zero-order valence-electron chi connectivity index (χ0n) is 12.1. The van der Waals surface area contributed by atoms with Crippen LogP contribution >= 0.6 is 0 Å². The maximum absolute atomic E-state index is 12.5. The van der Waals surface area contributed by atoms with Crippen molar-refractivity contribution in [3.63, 3.8) is 0 Å². The molecule has 4 heteroatoms. The van der Waals surface area contributed by atoms with Gasteiger partial charge < -0.3 is 15.6 Å². The summed E-state index contributed by atoms with van der Waals surface area (Å²) in [6.07, 6.45) is 1.53. The molecule has 1 amide bonds. The molecule has 0 bridgehead atoms. The molecule has 0 saturated carbocycles. The summed E-state index contributed by atoms with van der Waals surface area (Å²) >= 11 is 0. The quantitative estimate of drug-likeness (QED) is 0.879. The second-order valence-corrected chi connectivity index (χ2v) is 5.88. The fourth-order valence-electron chi connectivity index (χ4n) is 2.85. The van der Waals surface area contributed by atoms with Crippen LogP contribution in [0.4, 0.5) is 0 Å². The molecule has 0 aliphatic carbocycles. The van der Waals surface area contributed by atoms with Crippen LogP contribution in [0, 0.1) is 0 Å². The maximum atomic E-state index is 12.5. The van der Waals surface area contributed by atoms with Crippen molar-refractivity contribution in [2.45, 2.75) is 38.8 Å². The lowest BCUT2D eigenvalue weighted by molar-refractivity contribution is -0.137. The number of aromatic amines is 1.